The van der Waals surface area contributed by atoms with Crippen LogP contribution in [0.25, 0.3) is 0 Å². The molecule has 0 unspecified atom stereocenters. The van der Waals surface area contributed by atoms with Gasteiger partial charge in [-0.2, -0.15) is 0 Å². The van der Waals surface area contributed by atoms with E-state index < -0.39 is 0 Å². The van der Waals surface area contributed by atoms with Gasteiger partial charge in [-0.15, -0.1) is 11.8 Å². The molecule has 1 fully saturated rings. The van der Waals surface area contributed by atoms with Gasteiger partial charge in [-0.3, -0.25) is 0 Å². The van der Waals surface area contributed by atoms with E-state index in [1.807, 2.05) is 0 Å². The first kappa shape index (κ1) is 11.8. The Morgan fingerprint density at radius 1 is 1.19 bits per heavy atom. The van der Waals surface area contributed by atoms with Crippen LogP contribution in [0.15, 0.2) is 29.2 Å². The van der Waals surface area contributed by atoms with Crippen LogP contribution in [0.3, 0.4) is 0 Å². The Hall–Kier alpha value is -0.670. The summed E-state index contributed by atoms with van der Waals surface area (Å²) in [6.45, 7) is 4.55. The molecule has 0 aliphatic carbocycles. The van der Waals surface area contributed by atoms with Gasteiger partial charge in [-0.25, -0.2) is 0 Å². The van der Waals surface area contributed by atoms with E-state index in [9.17, 15) is 0 Å². The highest BCUT2D eigenvalue weighted by atomic mass is 32.2. The first-order valence-corrected chi connectivity index (χ1v) is 7.07. The summed E-state index contributed by atoms with van der Waals surface area (Å²) in [5.41, 5.74) is 1.49. The molecule has 0 saturated carbocycles. The van der Waals surface area contributed by atoms with E-state index in [0.29, 0.717) is 0 Å². The second-order valence-electron chi connectivity index (χ2n) is 4.66. The number of hydrogen-bond acceptors (Lipinski definition) is 3. The summed E-state index contributed by atoms with van der Waals surface area (Å²) in [6, 6.07) is 8.72. The smallest absolute Gasteiger partial charge is 0.0369 e. The van der Waals surface area contributed by atoms with Gasteiger partial charge in [0.05, 0.1) is 0 Å². The number of benzene rings is 1. The van der Waals surface area contributed by atoms with Crippen LogP contribution in [-0.2, 0) is 0 Å². The molecule has 0 amide bonds. The van der Waals surface area contributed by atoms with Crippen LogP contribution in [-0.4, -0.2) is 24.9 Å². The van der Waals surface area contributed by atoms with Crippen molar-refractivity contribution >= 4 is 17.4 Å². The number of anilines is 1. The molecule has 88 valence electrons. The van der Waals surface area contributed by atoms with Gasteiger partial charge in [-0.05, 0) is 63.4 Å². The summed E-state index contributed by atoms with van der Waals surface area (Å²) < 4.78 is 0. The normalized spacial score (nSPS) is 19.4. The van der Waals surface area contributed by atoms with Gasteiger partial charge in [0.15, 0.2) is 0 Å². The molecule has 1 aromatic rings. The second kappa shape index (κ2) is 5.11. The lowest BCUT2D eigenvalue weighted by molar-refractivity contribution is 0.365. The van der Waals surface area contributed by atoms with E-state index in [1.165, 1.54) is 23.4 Å². The van der Waals surface area contributed by atoms with Crippen molar-refractivity contribution in [1.82, 2.24) is 5.32 Å². The molecule has 2 N–H and O–H groups in total. The fourth-order valence-corrected chi connectivity index (χ4v) is 2.53. The van der Waals surface area contributed by atoms with Crippen LogP contribution in [0.1, 0.15) is 19.8 Å². The highest BCUT2D eigenvalue weighted by Crippen LogP contribution is 2.25. The number of piperidine rings is 1. The Morgan fingerprint density at radius 2 is 1.81 bits per heavy atom. The molecule has 0 spiro atoms. The minimum Gasteiger partial charge on any atom is -0.380 e. The van der Waals surface area contributed by atoms with Crippen LogP contribution in [0.4, 0.5) is 5.69 Å². The zero-order valence-electron chi connectivity index (χ0n) is 10.0. The molecule has 2 nitrogen and oxygen atoms in total. The number of nitrogens with one attached hydrogen (secondary N) is 2. The molecule has 2 rings (SSSR count). The molecule has 1 aliphatic heterocycles. The molecular formula is C13H20N2S. The van der Waals surface area contributed by atoms with Crippen molar-refractivity contribution in [1.29, 1.82) is 0 Å². The van der Waals surface area contributed by atoms with E-state index in [0.717, 1.165) is 13.1 Å². The minimum absolute atomic E-state index is 0.256. The average molecular weight is 236 g/mol. The van der Waals surface area contributed by atoms with Gasteiger partial charge in [-0.1, -0.05) is 0 Å². The summed E-state index contributed by atoms with van der Waals surface area (Å²) in [5.74, 6) is 0. The average Bonchev–Trinajstić information content (AvgIpc) is 2.30. The Kier molecular flexibility index (Phi) is 3.77. The SMILES string of the molecule is CSc1ccc(NC2(C)CCNCC2)cc1. The highest BCUT2D eigenvalue weighted by Gasteiger charge is 2.25. The molecule has 1 aromatic carbocycles. The molecule has 1 aliphatic rings. The van der Waals surface area contributed by atoms with Crippen molar-refractivity contribution < 1.29 is 0 Å². The fourth-order valence-electron chi connectivity index (χ4n) is 2.13. The Labute approximate surface area is 102 Å². The largest absolute Gasteiger partial charge is 0.380 e. The third-order valence-corrected chi connectivity index (χ3v) is 3.99. The maximum atomic E-state index is 3.66. The van der Waals surface area contributed by atoms with Crippen LogP contribution in [0.2, 0.25) is 0 Å². The molecular weight excluding hydrogens is 216 g/mol. The zero-order chi connectivity index (χ0) is 11.4. The topological polar surface area (TPSA) is 24.1 Å². The van der Waals surface area contributed by atoms with Gasteiger partial charge >= 0.3 is 0 Å². The van der Waals surface area contributed by atoms with Gasteiger partial charge < -0.3 is 10.6 Å². The summed E-state index contributed by atoms with van der Waals surface area (Å²) >= 11 is 1.78. The third-order valence-electron chi connectivity index (χ3n) is 3.24. The van der Waals surface area contributed by atoms with E-state index in [2.05, 4.69) is 48.1 Å². The summed E-state index contributed by atoms with van der Waals surface area (Å²) in [6.07, 6.45) is 4.49. The van der Waals surface area contributed by atoms with E-state index in [-0.39, 0.29) is 5.54 Å². The van der Waals surface area contributed by atoms with E-state index >= 15 is 0 Å². The van der Waals surface area contributed by atoms with Gasteiger partial charge in [0, 0.05) is 16.1 Å². The lowest BCUT2D eigenvalue weighted by atomic mass is 9.90. The van der Waals surface area contributed by atoms with Crippen molar-refractivity contribution in [3.63, 3.8) is 0 Å². The molecule has 16 heavy (non-hydrogen) atoms. The van der Waals surface area contributed by atoms with Gasteiger partial charge in [0.2, 0.25) is 0 Å². The van der Waals surface area contributed by atoms with Crippen molar-refractivity contribution in [2.75, 3.05) is 24.7 Å². The van der Waals surface area contributed by atoms with Crippen LogP contribution in [0, 0.1) is 0 Å². The summed E-state index contributed by atoms with van der Waals surface area (Å²) in [5, 5.41) is 7.06. The van der Waals surface area contributed by atoms with Crippen LogP contribution < -0.4 is 10.6 Å². The fraction of sp³-hybridized carbons (Fsp3) is 0.538. The van der Waals surface area contributed by atoms with Crippen molar-refractivity contribution in [2.45, 2.75) is 30.2 Å². The van der Waals surface area contributed by atoms with Gasteiger partial charge in [0.25, 0.3) is 0 Å². The van der Waals surface area contributed by atoms with Crippen molar-refractivity contribution in [3.8, 4) is 0 Å². The number of hydrogen-bond donors (Lipinski definition) is 2. The highest BCUT2D eigenvalue weighted by molar-refractivity contribution is 7.98. The predicted molar refractivity (Wildman–Crippen MR) is 72.4 cm³/mol. The first-order valence-electron chi connectivity index (χ1n) is 5.85. The second-order valence-corrected chi connectivity index (χ2v) is 5.54. The third kappa shape index (κ3) is 2.92. The summed E-state index contributed by atoms with van der Waals surface area (Å²) in [4.78, 5) is 1.32. The minimum atomic E-state index is 0.256. The van der Waals surface area contributed by atoms with E-state index in [4.69, 9.17) is 0 Å². The molecule has 0 bridgehead atoms. The van der Waals surface area contributed by atoms with Crippen molar-refractivity contribution in [3.05, 3.63) is 24.3 Å². The molecule has 0 atom stereocenters. The Bertz CT molecular complexity index is 328. The maximum absolute atomic E-state index is 3.66. The lowest BCUT2D eigenvalue weighted by Gasteiger charge is -2.36. The van der Waals surface area contributed by atoms with Crippen molar-refractivity contribution in [2.24, 2.45) is 0 Å². The molecule has 0 aromatic heterocycles. The molecule has 1 saturated heterocycles. The predicted octanol–water partition coefficient (Wildman–Crippen LogP) is 2.96. The first-order chi connectivity index (χ1) is 7.72. The van der Waals surface area contributed by atoms with Crippen LogP contribution in [0.5, 0.6) is 0 Å². The lowest BCUT2D eigenvalue weighted by Crippen LogP contribution is -2.45. The van der Waals surface area contributed by atoms with Crippen LogP contribution >= 0.6 is 11.8 Å². The molecule has 0 radical (unpaired) electrons. The van der Waals surface area contributed by atoms with Gasteiger partial charge in [0.1, 0.15) is 0 Å². The van der Waals surface area contributed by atoms with E-state index in [1.54, 1.807) is 11.8 Å². The Balaban J connectivity index is 2.01. The monoisotopic (exact) mass is 236 g/mol. The Morgan fingerprint density at radius 3 is 2.38 bits per heavy atom. The number of thioether (sulfide) groups is 1. The number of rotatable bonds is 3. The standard InChI is InChI=1S/C13H20N2S/c1-13(7-9-14-10-8-13)15-11-3-5-12(16-2)6-4-11/h3-6,14-15H,7-10H2,1-2H3. The zero-order valence-corrected chi connectivity index (χ0v) is 10.9. The summed E-state index contributed by atoms with van der Waals surface area (Å²) in [7, 11) is 0. The molecule has 3 heteroatoms. The molecule has 1 heterocycles. The maximum Gasteiger partial charge on any atom is 0.0369 e. The quantitative estimate of drug-likeness (QED) is 0.789.